The van der Waals surface area contributed by atoms with Gasteiger partial charge in [-0.15, -0.1) is 11.3 Å². The third-order valence-electron chi connectivity index (χ3n) is 4.83. The standard InChI is InChI=1S/C23H17N3OS3/c1-28-23-25-17-13-12-16-19(20(17)30-23)29-22(24-16)26-21(27)18(14-8-4-2-5-9-14)15-10-6-3-7-11-15/h2-13,18H,1H3,(H,24,26,27). The molecule has 4 nitrogen and oxygen atoms in total. The number of nitrogens with zero attached hydrogens (tertiary/aromatic N) is 2. The molecule has 0 spiro atoms. The average Bonchev–Trinajstić information content (AvgIpc) is 3.38. The fourth-order valence-electron chi connectivity index (χ4n) is 3.46. The van der Waals surface area contributed by atoms with Crippen LogP contribution in [0.5, 0.6) is 0 Å². The molecule has 2 heterocycles. The summed E-state index contributed by atoms with van der Waals surface area (Å²) in [5.74, 6) is -0.484. The molecule has 0 saturated heterocycles. The largest absolute Gasteiger partial charge is 0.301 e. The maximum absolute atomic E-state index is 13.3. The van der Waals surface area contributed by atoms with Gasteiger partial charge in [-0.2, -0.15) is 0 Å². The van der Waals surface area contributed by atoms with E-state index in [1.165, 1.54) is 11.3 Å². The van der Waals surface area contributed by atoms with Crippen LogP contribution >= 0.6 is 34.4 Å². The highest BCUT2D eigenvalue weighted by Gasteiger charge is 2.24. The molecule has 0 bridgehead atoms. The van der Waals surface area contributed by atoms with Crippen LogP contribution in [0.15, 0.2) is 77.1 Å². The van der Waals surface area contributed by atoms with Crippen LogP contribution in [0.1, 0.15) is 17.0 Å². The van der Waals surface area contributed by atoms with Crippen molar-refractivity contribution in [2.24, 2.45) is 0 Å². The summed E-state index contributed by atoms with van der Waals surface area (Å²) in [5.41, 5.74) is 3.77. The Morgan fingerprint density at radius 3 is 2.00 bits per heavy atom. The highest BCUT2D eigenvalue weighted by molar-refractivity contribution is 8.00. The number of benzene rings is 3. The summed E-state index contributed by atoms with van der Waals surface area (Å²) in [6, 6.07) is 23.7. The normalized spacial score (nSPS) is 11.4. The summed E-state index contributed by atoms with van der Waals surface area (Å²) < 4.78 is 3.22. The van der Waals surface area contributed by atoms with Crippen LogP contribution in [-0.4, -0.2) is 22.1 Å². The second-order valence-electron chi connectivity index (χ2n) is 6.71. The number of carbonyl (C=O) groups is 1. The predicted octanol–water partition coefficient (Wildman–Crippen LogP) is 6.40. The van der Waals surface area contributed by atoms with Crippen LogP contribution in [-0.2, 0) is 4.79 Å². The van der Waals surface area contributed by atoms with E-state index in [2.05, 4.69) is 15.3 Å². The fourth-order valence-corrected chi connectivity index (χ4v) is 6.12. The molecule has 30 heavy (non-hydrogen) atoms. The lowest BCUT2D eigenvalue weighted by atomic mass is 9.90. The smallest absolute Gasteiger partial charge is 0.238 e. The molecule has 2 aromatic heterocycles. The zero-order valence-electron chi connectivity index (χ0n) is 16.0. The highest BCUT2D eigenvalue weighted by atomic mass is 32.2. The van der Waals surface area contributed by atoms with Gasteiger partial charge < -0.3 is 5.32 Å². The van der Waals surface area contributed by atoms with Gasteiger partial charge in [0.15, 0.2) is 9.47 Å². The Morgan fingerprint density at radius 2 is 1.40 bits per heavy atom. The van der Waals surface area contributed by atoms with Crippen molar-refractivity contribution in [2.45, 2.75) is 10.3 Å². The van der Waals surface area contributed by atoms with Crippen molar-refractivity contribution in [3.63, 3.8) is 0 Å². The minimum atomic E-state index is -0.397. The third kappa shape index (κ3) is 3.60. The minimum Gasteiger partial charge on any atom is -0.301 e. The number of aromatic nitrogens is 2. The predicted molar refractivity (Wildman–Crippen MR) is 128 cm³/mol. The zero-order valence-corrected chi connectivity index (χ0v) is 18.5. The van der Waals surface area contributed by atoms with E-state index >= 15 is 0 Å². The lowest BCUT2D eigenvalue weighted by molar-refractivity contribution is -0.116. The average molecular weight is 448 g/mol. The van der Waals surface area contributed by atoms with Gasteiger partial charge in [-0.05, 0) is 29.5 Å². The number of thiazole rings is 2. The van der Waals surface area contributed by atoms with E-state index in [1.54, 1.807) is 23.1 Å². The third-order valence-corrected chi connectivity index (χ3v) is 8.03. The van der Waals surface area contributed by atoms with E-state index in [4.69, 9.17) is 0 Å². The Bertz CT molecular complexity index is 1290. The van der Waals surface area contributed by atoms with E-state index < -0.39 is 5.92 Å². The number of anilines is 1. The number of hydrogen-bond acceptors (Lipinski definition) is 6. The first-order valence-corrected chi connectivity index (χ1v) is 12.2. The van der Waals surface area contributed by atoms with Crippen molar-refractivity contribution in [3.8, 4) is 0 Å². The second kappa shape index (κ2) is 8.18. The van der Waals surface area contributed by atoms with Crippen LogP contribution in [0.25, 0.3) is 20.4 Å². The van der Waals surface area contributed by atoms with E-state index in [-0.39, 0.29) is 5.91 Å². The summed E-state index contributed by atoms with van der Waals surface area (Å²) in [5, 5.41) is 3.67. The topological polar surface area (TPSA) is 54.9 Å². The lowest BCUT2D eigenvalue weighted by Crippen LogP contribution is -2.22. The molecule has 1 amide bonds. The molecule has 5 aromatic rings. The van der Waals surface area contributed by atoms with Crippen LogP contribution < -0.4 is 5.32 Å². The Balaban J connectivity index is 1.51. The Kier molecular flexibility index (Phi) is 5.25. The van der Waals surface area contributed by atoms with Crippen LogP contribution in [0, 0.1) is 0 Å². The van der Waals surface area contributed by atoms with Gasteiger partial charge in [0.1, 0.15) is 0 Å². The Hall–Kier alpha value is -2.74. The van der Waals surface area contributed by atoms with E-state index in [0.29, 0.717) is 5.13 Å². The molecule has 148 valence electrons. The van der Waals surface area contributed by atoms with Crippen LogP contribution in [0.3, 0.4) is 0 Å². The molecule has 3 aromatic carbocycles. The van der Waals surface area contributed by atoms with Gasteiger partial charge in [-0.1, -0.05) is 83.8 Å². The molecule has 1 N–H and O–H groups in total. The first kappa shape index (κ1) is 19.2. The molecule has 0 radical (unpaired) electrons. The van der Waals surface area contributed by atoms with Crippen LogP contribution in [0.2, 0.25) is 0 Å². The summed E-state index contributed by atoms with van der Waals surface area (Å²) in [7, 11) is 0. The van der Waals surface area contributed by atoms with Crippen molar-refractivity contribution in [1.82, 2.24) is 9.97 Å². The van der Waals surface area contributed by atoms with Gasteiger partial charge in [0.2, 0.25) is 5.91 Å². The first-order chi connectivity index (χ1) is 14.7. The quantitative estimate of drug-likeness (QED) is 0.317. The number of fused-ring (bicyclic) bond motifs is 3. The molecule has 0 saturated carbocycles. The lowest BCUT2D eigenvalue weighted by Gasteiger charge is -2.16. The zero-order chi connectivity index (χ0) is 20.5. The number of carbonyl (C=O) groups excluding carboxylic acids is 1. The maximum Gasteiger partial charge on any atom is 0.238 e. The summed E-state index contributed by atoms with van der Waals surface area (Å²) in [6.45, 7) is 0. The van der Waals surface area contributed by atoms with Crippen molar-refractivity contribution in [2.75, 3.05) is 11.6 Å². The molecule has 5 rings (SSSR count). The SMILES string of the molecule is CSc1nc2ccc3nc(NC(=O)C(c4ccccc4)c4ccccc4)sc3c2s1. The number of amides is 1. The Labute approximate surface area is 186 Å². The van der Waals surface area contributed by atoms with Crippen LogP contribution in [0.4, 0.5) is 5.13 Å². The van der Waals surface area contributed by atoms with Crippen molar-refractivity contribution in [1.29, 1.82) is 0 Å². The second-order valence-corrected chi connectivity index (χ2v) is 9.76. The van der Waals surface area contributed by atoms with Gasteiger partial charge in [-0.25, -0.2) is 9.97 Å². The van der Waals surface area contributed by atoms with Gasteiger partial charge in [-0.3, -0.25) is 4.79 Å². The molecule has 0 atom stereocenters. The first-order valence-electron chi connectivity index (χ1n) is 9.38. The van der Waals surface area contributed by atoms with Gasteiger partial charge in [0.25, 0.3) is 0 Å². The Morgan fingerprint density at radius 1 is 0.833 bits per heavy atom. The van der Waals surface area contributed by atoms with E-state index in [9.17, 15) is 4.79 Å². The molecule has 0 fully saturated rings. The molecule has 7 heteroatoms. The molecule has 0 aliphatic heterocycles. The number of rotatable bonds is 5. The van der Waals surface area contributed by atoms with Crippen molar-refractivity contribution < 1.29 is 4.79 Å². The number of nitrogens with one attached hydrogen (secondary N) is 1. The number of hydrogen-bond donors (Lipinski definition) is 1. The highest BCUT2D eigenvalue weighted by Crippen LogP contribution is 2.38. The van der Waals surface area contributed by atoms with Crippen molar-refractivity contribution in [3.05, 3.63) is 83.9 Å². The molecular formula is C23H17N3OS3. The summed E-state index contributed by atoms with van der Waals surface area (Å²) in [6.07, 6.45) is 2.03. The number of thioether (sulfide) groups is 1. The summed E-state index contributed by atoms with van der Waals surface area (Å²) in [4.78, 5) is 22.6. The molecule has 0 aliphatic rings. The molecule has 0 unspecified atom stereocenters. The van der Waals surface area contributed by atoms with Crippen molar-refractivity contribution >= 4 is 65.9 Å². The van der Waals surface area contributed by atoms with Gasteiger partial charge in [0, 0.05) is 0 Å². The fraction of sp³-hybridized carbons (Fsp3) is 0.0870. The molecular weight excluding hydrogens is 430 g/mol. The van der Waals surface area contributed by atoms with Gasteiger partial charge >= 0.3 is 0 Å². The summed E-state index contributed by atoms with van der Waals surface area (Å²) >= 11 is 4.81. The molecule has 0 aliphatic carbocycles. The van der Waals surface area contributed by atoms with E-state index in [0.717, 1.165) is 35.9 Å². The minimum absolute atomic E-state index is 0.0863. The monoisotopic (exact) mass is 447 g/mol. The van der Waals surface area contributed by atoms with Gasteiger partial charge in [0.05, 0.1) is 26.4 Å². The maximum atomic E-state index is 13.3. The van der Waals surface area contributed by atoms with E-state index in [1.807, 2.05) is 79.1 Å².